The second-order valence-corrected chi connectivity index (χ2v) is 7.97. The van der Waals surface area contributed by atoms with E-state index in [1.165, 1.54) is 11.1 Å². The first-order valence-corrected chi connectivity index (χ1v) is 9.99. The third kappa shape index (κ3) is 5.02. The van der Waals surface area contributed by atoms with Crippen molar-refractivity contribution in [2.75, 3.05) is 18.9 Å². The number of amides is 1. The van der Waals surface area contributed by atoms with Gasteiger partial charge in [0, 0.05) is 16.6 Å². The van der Waals surface area contributed by atoms with Crippen LogP contribution in [0.4, 0.5) is 5.69 Å². The fourth-order valence-corrected chi connectivity index (χ4v) is 3.77. The number of aryl methyl sites for hydroxylation is 2. The van der Waals surface area contributed by atoms with Crippen molar-refractivity contribution in [2.45, 2.75) is 27.3 Å². The van der Waals surface area contributed by atoms with Gasteiger partial charge in [-0.15, -0.1) is 11.3 Å². The fraction of sp³-hybridized carbons (Fsp3) is 0.273. The van der Waals surface area contributed by atoms with E-state index in [2.05, 4.69) is 54.9 Å². The lowest BCUT2D eigenvalue weighted by atomic mass is 10.1. The molecule has 0 aliphatic carbocycles. The molecule has 0 bridgehead atoms. The summed E-state index contributed by atoms with van der Waals surface area (Å²) < 4.78 is 0. The number of hydrogen-bond acceptors (Lipinski definition) is 3. The molecule has 0 radical (unpaired) electrons. The fourth-order valence-electron chi connectivity index (χ4n) is 2.94. The molecule has 140 valence electrons. The lowest BCUT2D eigenvalue weighted by Crippen LogP contribution is -3.08. The minimum absolute atomic E-state index is 0.0233. The Labute approximate surface area is 164 Å². The highest BCUT2D eigenvalue weighted by molar-refractivity contribution is 7.13. The lowest BCUT2D eigenvalue weighted by molar-refractivity contribution is -0.885. The smallest absolute Gasteiger partial charge is 0.279 e. The molecule has 4 nitrogen and oxygen atoms in total. The number of quaternary nitrogens is 1. The first-order valence-electron chi connectivity index (χ1n) is 9.11. The number of anilines is 1. The molecule has 3 aromatic rings. The van der Waals surface area contributed by atoms with Crippen LogP contribution in [0.5, 0.6) is 0 Å². The Morgan fingerprint density at radius 3 is 2.59 bits per heavy atom. The van der Waals surface area contributed by atoms with Gasteiger partial charge in [0.15, 0.2) is 6.54 Å². The number of carbonyl (C=O) groups excluding carboxylic acids is 1. The Morgan fingerprint density at radius 1 is 1.11 bits per heavy atom. The van der Waals surface area contributed by atoms with E-state index < -0.39 is 0 Å². The highest BCUT2D eigenvalue weighted by Crippen LogP contribution is 2.23. The molecule has 2 N–H and O–H groups in total. The highest BCUT2D eigenvalue weighted by Gasteiger charge is 2.14. The maximum Gasteiger partial charge on any atom is 0.279 e. The van der Waals surface area contributed by atoms with Crippen molar-refractivity contribution < 1.29 is 9.69 Å². The Morgan fingerprint density at radius 2 is 1.85 bits per heavy atom. The minimum atomic E-state index is 0.0233. The summed E-state index contributed by atoms with van der Waals surface area (Å²) in [5, 5.41) is 6.14. The van der Waals surface area contributed by atoms with Crippen LogP contribution in [0.15, 0.2) is 47.8 Å². The lowest BCUT2D eigenvalue weighted by Gasteiger charge is -2.14. The van der Waals surface area contributed by atoms with Crippen LogP contribution in [-0.2, 0) is 11.3 Å². The summed E-state index contributed by atoms with van der Waals surface area (Å²) in [5.41, 5.74) is 6.60. The van der Waals surface area contributed by atoms with E-state index in [-0.39, 0.29) is 5.91 Å². The van der Waals surface area contributed by atoms with Gasteiger partial charge in [-0.25, -0.2) is 4.98 Å². The van der Waals surface area contributed by atoms with Gasteiger partial charge in [0.25, 0.3) is 5.91 Å². The summed E-state index contributed by atoms with van der Waals surface area (Å²) >= 11 is 1.65. The number of thiazole rings is 1. The van der Waals surface area contributed by atoms with Gasteiger partial charge >= 0.3 is 0 Å². The third-order valence-electron chi connectivity index (χ3n) is 4.67. The van der Waals surface area contributed by atoms with E-state index in [1.807, 2.05) is 26.1 Å². The van der Waals surface area contributed by atoms with Gasteiger partial charge in [-0.3, -0.25) is 4.79 Å². The van der Waals surface area contributed by atoms with Crippen molar-refractivity contribution in [3.8, 4) is 10.6 Å². The number of likely N-dealkylation sites (N-methyl/N-ethyl adjacent to an activating group) is 1. The molecule has 3 rings (SSSR count). The summed E-state index contributed by atoms with van der Waals surface area (Å²) in [4.78, 5) is 18.2. The maximum absolute atomic E-state index is 12.4. The van der Waals surface area contributed by atoms with Gasteiger partial charge in [-0.05, 0) is 38.0 Å². The van der Waals surface area contributed by atoms with Gasteiger partial charge in [0.05, 0.1) is 7.05 Å². The first kappa shape index (κ1) is 19.3. The zero-order chi connectivity index (χ0) is 19.4. The zero-order valence-corrected chi connectivity index (χ0v) is 17.1. The number of hydrogen-bond donors (Lipinski definition) is 2. The molecule has 1 unspecified atom stereocenters. The third-order valence-corrected chi connectivity index (χ3v) is 5.61. The summed E-state index contributed by atoms with van der Waals surface area (Å²) in [7, 11) is 2.02. The first-order chi connectivity index (χ1) is 12.9. The van der Waals surface area contributed by atoms with Crippen LogP contribution < -0.4 is 10.2 Å². The number of aromatic nitrogens is 1. The minimum Gasteiger partial charge on any atom is -0.325 e. The van der Waals surface area contributed by atoms with E-state index in [4.69, 9.17) is 4.98 Å². The molecule has 0 aliphatic heterocycles. The topological polar surface area (TPSA) is 46.4 Å². The quantitative estimate of drug-likeness (QED) is 0.689. The zero-order valence-electron chi connectivity index (χ0n) is 16.3. The van der Waals surface area contributed by atoms with Crippen LogP contribution in [-0.4, -0.2) is 24.5 Å². The molecule has 0 saturated heterocycles. The van der Waals surface area contributed by atoms with E-state index in [9.17, 15) is 4.79 Å². The van der Waals surface area contributed by atoms with E-state index in [1.54, 1.807) is 11.3 Å². The van der Waals surface area contributed by atoms with Gasteiger partial charge in [-0.2, -0.15) is 0 Å². The molecule has 2 aromatic carbocycles. The monoisotopic (exact) mass is 380 g/mol. The molecule has 0 fully saturated rings. The summed E-state index contributed by atoms with van der Waals surface area (Å²) in [6, 6.07) is 14.4. The predicted molar refractivity (Wildman–Crippen MR) is 112 cm³/mol. The predicted octanol–water partition coefficient (Wildman–Crippen LogP) is 3.39. The van der Waals surface area contributed by atoms with Gasteiger partial charge < -0.3 is 10.2 Å². The van der Waals surface area contributed by atoms with Crippen LogP contribution in [0.1, 0.15) is 22.4 Å². The van der Waals surface area contributed by atoms with Crippen LogP contribution in [0.25, 0.3) is 10.6 Å². The Hall–Kier alpha value is -2.50. The molecule has 1 heterocycles. The van der Waals surface area contributed by atoms with Gasteiger partial charge in [0.1, 0.15) is 17.2 Å². The number of nitrogens with zero attached hydrogens (tertiary/aromatic N) is 1. The summed E-state index contributed by atoms with van der Waals surface area (Å²) in [5.74, 6) is 0.0233. The molecule has 1 amide bonds. The second-order valence-electron chi connectivity index (χ2n) is 7.12. The number of carbonyl (C=O) groups is 1. The molecule has 1 aromatic heterocycles. The summed E-state index contributed by atoms with van der Waals surface area (Å²) in [6.45, 7) is 7.30. The van der Waals surface area contributed by atoms with Crippen LogP contribution in [0.3, 0.4) is 0 Å². The molecule has 5 heteroatoms. The normalized spacial score (nSPS) is 12.0. The van der Waals surface area contributed by atoms with E-state index in [0.717, 1.165) is 39.0 Å². The average Bonchev–Trinajstić information content (AvgIpc) is 3.07. The molecular weight excluding hydrogens is 354 g/mol. The van der Waals surface area contributed by atoms with Crippen LogP contribution >= 0.6 is 11.3 Å². The molecule has 1 atom stereocenters. The molecule has 0 saturated carbocycles. The molecule has 0 spiro atoms. The largest absolute Gasteiger partial charge is 0.325 e. The van der Waals surface area contributed by atoms with Crippen LogP contribution in [0, 0.1) is 20.8 Å². The summed E-state index contributed by atoms with van der Waals surface area (Å²) in [6.07, 6.45) is 0. The standard InChI is InChI=1S/C22H25N3OS/c1-15-8-10-18(11-9-15)22-23-19(14-27-22)12-25(4)13-21(26)24-20-7-5-6-16(2)17(20)3/h5-11,14H,12-13H2,1-4H3,(H,24,26)/p+1. The molecule has 0 aliphatic rings. The number of rotatable bonds is 6. The number of benzene rings is 2. The van der Waals surface area contributed by atoms with Crippen molar-refractivity contribution >= 4 is 22.9 Å². The maximum atomic E-state index is 12.4. The van der Waals surface area contributed by atoms with Crippen LogP contribution in [0.2, 0.25) is 0 Å². The van der Waals surface area contributed by atoms with Gasteiger partial charge in [-0.1, -0.05) is 42.0 Å². The van der Waals surface area contributed by atoms with Gasteiger partial charge in [0.2, 0.25) is 0 Å². The number of nitrogens with one attached hydrogen (secondary N) is 2. The van der Waals surface area contributed by atoms with Crippen molar-refractivity contribution in [1.29, 1.82) is 0 Å². The average molecular weight is 381 g/mol. The second kappa shape index (κ2) is 8.46. The van der Waals surface area contributed by atoms with Crippen molar-refractivity contribution in [2.24, 2.45) is 0 Å². The highest BCUT2D eigenvalue weighted by atomic mass is 32.1. The SMILES string of the molecule is Cc1ccc(-c2nc(C[NH+](C)CC(=O)Nc3cccc(C)c3C)cs2)cc1. The molecular formula is C22H26N3OS+. The van der Waals surface area contributed by atoms with E-state index in [0.29, 0.717) is 6.54 Å². The van der Waals surface area contributed by atoms with Crippen molar-refractivity contribution in [3.63, 3.8) is 0 Å². The Kier molecular flexibility index (Phi) is 6.04. The van der Waals surface area contributed by atoms with Crippen molar-refractivity contribution in [3.05, 3.63) is 70.2 Å². The van der Waals surface area contributed by atoms with Crippen molar-refractivity contribution in [1.82, 2.24) is 4.98 Å². The Balaban J connectivity index is 1.57. The molecule has 27 heavy (non-hydrogen) atoms. The Bertz CT molecular complexity index is 931. The van der Waals surface area contributed by atoms with E-state index >= 15 is 0 Å².